The Balaban J connectivity index is 1.65. The molecule has 0 bridgehead atoms. The Morgan fingerprint density at radius 1 is 0.923 bits per heavy atom. The quantitative estimate of drug-likeness (QED) is 0.742. The second kappa shape index (κ2) is 8.02. The predicted octanol–water partition coefficient (Wildman–Crippen LogP) is 3.40. The Hall–Kier alpha value is -3.54. The Labute approximate surface area is 149 Å². The first-order chi connectivity index (χ1) is 12.6. The van der Waals surface area contributed by atoms with Crippen molar-refractivity contribution in [3.63, 3.8) is 0 Å². The van der Waals surface area contributed by atoms with E-state index < -0.39 is 5.91 Å². The van der Waals surface area contributed by atoms with Gasteiger partial charge in [-0.1, -0.05) is 30.3 Å². The van der Waals surface area contributed by atoms with Crippen LogP contribution in [0.2, 0.25) is 0 Å². The van der Waals surface area contributed by atoms with Gasteiger partial charge < -0.3 is 10.6 Å². The smallest absolute Gasteiger partial charge is 0.274 e. The predicted molar refractivity (Wildman–Crippen MR) is 96.2 cm³/mol. The van der Waals surface area contributed by atoms with Crippen molar-refractivity contribution in [2.45, 2.75) is 6.54 Å². The largest absolute Gasteiger partial charge is 0.348 e. The van der Waals surface area contributed by atoms with E-state index in [-0.39, 0.29) is 24.0 Å². The molecular weight excluding hydrogens is 333 g/mol. The number of nitrogens with zero attached hydrogens (tertiary/aromatic N) is 1. The first-order valence-corrected chi connectivity index (χ1v) is 7.97. The zero-order valence-corrected chi connectivity index (χ0v) is 13.8. The Kier molecular flexibility index (Phi) is 5.34. The molecule has 0 radical (unpaired) electrons. The van der Waals surface area contributed by atoms with Gasteiger partial charge in [0.25, 0.3) is 11.8 Å². The van der Waals surface area contributed by atoms with Gasteiger partial charge >= 0.3 is 0 Å². The zero-order chi connectivity index (χ0) is 18.4. The molecule has 130 valence electrons. The molecule has 6 heteroatoms. The van der Waals surface area contributed by atoms with Crippen LogP contribution in [0.3, 0.4) is 0 Å². The summed E-state index contributed by atoms with van der Waals surface area (Å²) in [4.78, 5) is 28.5. The van der Waals surface area contributed by atoms with E-state index in [1.807, 2.05) is 18.2 Å². The summed E-state index contributed by atoms with van der Waals surface area (Å²) in [6, 6.07) is 17.8. The fourth-order valence-corrected chi connectivity index (χ4v) is 2.30. The van der Waals surface area contributed by atoms with E-state index in [9.17, 15) is 14.0 Å². The lowest BCUT2D eigenvalue weighted by atomic mass is 10.2. The van der Waals surface area contributed by atoms with Crippen LogP contribution in [0.25, 0.3) is 0 Å². The molecule has 2 amide bonds. The van der Waals surface area contributed by atoms with E-state index >= 15 is 0 Å². The van der Waals surface area contributed by atoms with Crippen LogP contribution in [0.4, 0.5) is 10.1 Å². The lowest BCUT2D eigenvalue weighted by Gasteiger charge is -2.08. The van der Waals surface area contributed by atoms with E-state index in [1.54, 1.807) is 24.3 Å². The number of halogens is 1. The molecule has 0 aliphatic rings. The highest BCUT2D eigenvalue weighted by atomic mass is 19.1. The molecule has 0 saturated heterocycles. The third kappa shape index (κ3) is 4.51. The van der Waals surface area contributed by atoms with Crippen molar-refractivity contribution in [1.29, 1.82) is 0 Å². The fourth-order valence-electron chi connectivity index (χ4n) is 2.30. The number of benzene rings is 2. The summed E-state index contributed by atoms with van der Waals surface area (Å²) in [6.45, 7) is 0.257. The summed E-state index contributed by atoms with van der Waals surface area (Å²) in [5.41, 5.74) is 1.88. The van der Waals surface area contributed by atoms with E-state index in [0.29, 0.717) is 11.3 Å². The van der Waals surface area contributed by atoms with Gasteiger partial charge in [0.05, 0.1) is 0 Å². The molecule has 0 atom stereocenters. The Bertz CT molecular complexity index is 912. The van der Waals surface area contributed by atoms with Crippen LogP contribution in [-0.4, -0.2) is 16.8 Å². The number of carbonyl (C=O) groups is 2. The summed E-state index contributed by atoms with van der Waals surface area (Å²) in [5.74, 6) is -1.07. The number of anilines is 1. The number of pyridine rings is 1. The maximum absolute atomic E-state index is 12.9. The average molecular weight is 349 g/mol. The summed E-state index contributed by atoms with van der Waals surface area (Å²) < 4.78 is 12.9. The van der Waals surface area contributed by atoms with Crippen molar-refractivity contribution in [3.8, 4) is 0 Å². The molecule has 2 aromatic carbocycles. The summed E-state index contributed by atoms with van der Waals surface area (Å²) in [7, 11) is 0. The molecule has 2 N–H and O–H groups in total. The number of amides is 2. The van der Waals surface area contributed by atoms with Gasteiger partial charge in [-0.2, -0.15) is 0 Å². The van der Waals surface area contributed by atoms with Crippen LogP contribution in [0.5, 0.6) is 0 Å². The van der Waals surface area contributed by atoms with Crippen molar-refractivity contribution in [2.24, 2.45) is 0 Å². The molecule has 0 spiro atoms. The van der Waals surface area contributed by atoms with Crippen LogP contribution in [0, 0.1) is 5.82 Å². The minimum atomic E-state index is -0.399. The van der Waals surface area contributed by atoms with Gasteiger partial charge in [-0.3, -0.25) is 14.6 Å². The van der Waals surface area contributed by atoms with Gasteiger partial charge in [-0.25, -0.2) is 4.39 Å². The highest BCUT2D eigenvalue weighted by molar-refractivity contribution is 6.04. The van der Waals surface area contributed by atoms with Gasteiger partial charge in [0.1, 0.15) is 11.5 Å². The highest BCUT2D eigenvalue weighted by Crippen LogP contribution is 2.09. The van der Waals surface area contributed by atoms with Crippen LogP contribution in [0.1, 0.15) is 26.4 Å². The Morgan fingerprint density at radius 2 is 1.65 bits per heavy atom. The van der Waals surface area contributed by atoms with E-state index in [4.69, 9.17) is 0 Å². The minimum absolute atomic E-state index is 0.142. The molecule has 0 unspecified atom stereocenters. The van der Waals surface area contributed by atoms with Crippen LogP contribution >= 0.6 is 0 Å². The lowest BCUT2D eigenvalue weighted by molar-refractivity contribution is 0.0951. The third-order valence-electron chi connectivity index (χ3n) is 3.65. The number of aromatic nitrogens is 1. The van der Waals surface area contributed by atoms with Gasteiger partial charge in [-0.15, -0.1) is 0 Å². The third-order valence-corrected chi connectivity index (χ3v) is 3.65. The zero-order valence-electron chi connectivity index (χ0n) is 13.8. The van der Waals surface area contributed by atoms with E-state index in [1.165, 1.54) is 30.5 Å². The first-order valence-electron chi connectivity index (χ1n) is 7.97. The molecule has 3 aromatic rings. The molecule has 0 aliphatic heterocycles. The number of hydrogen-bond acceptors (Lipinski definition) is 3. The molecule has 3 rings (SSSR count). The molecule has 1 aromatic heterocycles. The number of hydrogen-bond donors (Lipinski definition) is 2. The van der Waals surface area contributed by atoms with E-state index in [2.05, 4.69) is 15.6 Å². The van der Waals surface area contributed by atoms with Crippen molar-refractivity contribution >= 4 is 17.5 Å². The molecular formula is C20H16FN3O2. The maximum atomic E-state index is 12.9. The summed E-state index contributed by atoms with van der Waals surface area (Å²) in [5, 5.41) is 5.45. The van der Waals surface area contributed by atoms with Crippen LogP contribution < -0.4 is 10.6 Å². The molecule has 5 nitrogen and oxygen atoms in total. The molecule has 0 aliphatic carbocycles. The van der Waals surface area contributed by atoms with Gasteiger partial charge in [0.2, 0.25) is 0 Å². The van der Waals surface area contributed by atoms with Gasteiger partial charge in [-0.05, 0) is 42.0 Å². The maximum Gasteiger partial charge on any atom is 0.274 e. The lowest BCUT2D eigenvalue weighted by Crippen LogP contribution is -2.23. The molecule has 0 saturated carbocycles. The van der Waals surface area contributed by atoms with Crippen molar-refractivity contribution < 1.29 is 14.0 Å². The van der Waals surface area contributed by atoms with Crippen molar-refractivity contribution in [1.82, 2.24) is 10.3 Å². The van der Waals surface area contributed by atoms with Crippen molar-refractivity contribution in [2.75, 3.05) is 5.32 Å². The SMILES string of the molecule is O=C(NCc1ccc(F)cc1)c1ccnc(C(=O)Nc2ccccc2)c1. The topological polar surface area (TPSA) is 71.1 Å². The number of carbonyl (C=O) groups excluding carboxylic acids is 2. The first kappa shape index (κ1) is 17.3. The molecule has 0 fully saturated rings. The molecule has 26 heavy (non-hydrogen) atoms. The Morgan fingerprint density at radius 3 is 2.38 bits per heavy atom. The second-order valence-corrected chi connectivity index (χ2v) is 5.56. The van der Waals surface area contributed by atoms with Crippen LogP contribution in [0.15, 0.2) is 72.9 Å². The second-order valence-electron chi connectivity index (χ2n) is 5.56. The highest BCUT2D eigenvalue weighted by Gasteiger charge is 2.12. The molecule has 1 heterocycles. The fraction of sp³-hybridized carbons (Fsp3) is 0.0500. The number of rotatable bonds is 5. The summed E-state index contributed by atoms with van der Waals surface area (Å²) >= 11 is 0. The van der Waals surface area contributed by atoms with Crippen LogP contribution in [-0.2, 0) is 6.54 Å². The monoisotopic (exact) mass is 349 g/mol. The number of nitrogens with one attached hydrogen (secondary N) is 2. The number of para-hydroxylation sites is 1. The standard InChI is InChI=1S/C20H16FN3O2/c21-16-8-6-14(7-9-16)13-23-19(25)15-10-11-22-18(12-15)20(26)24-17-4-2-1-3-5-17/h1-12H,13H2,(H,23,25)(H,24,26). The van der Waals surface area contributed by atoms with E-state index in [0.717, 1.165) is 5.56 Å². The average Bonchev–Trinajstić information content (AvgIpc) is 2.68. The van der Waals surface area contributed by atoms with Gasteiger partial charge in [0.15, 0.2) is 0 Å². The van der Waals surface area contributed by atoms with Crippen molar-refractivity contribution in [3.05, 3.63) is 95.6 Å². The summed E-state index contributed by atoms with van der Waals surface area (Å²) in [6.07, 6.45) is 1.41. The van der Waals surface area contributed by atoms with Gasteiger partial charge in [0, 0.05) is 24.0 Å². The minimum Gasteiger partial charge on any atom is -0.348 e. The normalized spacial score (nSPS) is 10.2.